The molecule has 0 radical (unpaired) electrons. The van der Waals surface area contributed by atoms with Crippen molar-refractivity contribution >= 4 is 29.1 Å². The van der Waals surface area contributed by atoms with Gasteiger partial charge in [0.05, 0.1) is 12.7 Å². The minimum atomic E-state index is -4.92. The zero-order valence-electron chi connectivity index (χ0n) is 16.9. The quantitative estimate of drug-likeness (QED) is 0.354. The van der Waals surface area contributed by atoms with Crippen LogP contribution in [0.4, 0.5) is 18.0 Å². The highest BCUT2D eigenvalue weighted by atomic mass is 35.5. The lowest BCUT2D eigenvalue weighted by atomic mass is 9.86. The van der Waals surface area contributed by atoms with Gasteiger partial charge in [0.15, 0.2) is 11.5 Å². The van der Waals surface area contributed by atoms with E-state index in [9.17, 15) is 23.2 Å². The monoisotopic (exact) mass is 441 g/mol. The summed E-state index contributed by atoms with van der Waals surface area (Å²) in [6.07, 6.45) is -6.22. The van der Waals surface area contributed by atoms with Crippen LogP contribution in [0, 0.1) is 11.3 Å². The number of allylic oxidation sites excluding steroid dienone is 1. The van der Waals surface area contributed by atoms with Gasteiger partial charge in [0.25, 0.3) is 0 Å². The number of alkyl halides is 3. The summed E-state index contributed by atoms with van der Waals surface area (Å²) in [5, 5.41) is 12.6. The molecule has 0 aliphatic heterocycles. The zero-order chi connectivity index (χ0) is 22.9. The number of benzene rings is 1. The number of hydrogen-bond acceptors (Lipinski definition) is 5. The van der Waals surface area contributed by atoms with Crippen molar-refractivity contribution in [3.05, 3.63) is 51.8 Å². The average molecular weight is 442 g/mol. The predicted octanol–water partition coefficient (Wildman–Crippen LogP) is 5.56. The number of carbonyl (C=O) groups excluding carboxylic acids is 1. The first-order valence-electron chi connectivity index (χ1n) is 8.62. The number of nitriles is 1. The summed E-state index contributed by atoms with van der Waals surface area (Å²) in [6, 6.07) is 8.38. The van der Waals surface area contributed by atoms with Crippen LogP contribution in [0.2, 0.25) is 5.15 Å². The van der Waals surface area contributed by atoms with Gasteiger partial charge in [0.1, 0.15) is 16.8 Å². The molecule has 0 atom stereocenters. The first-order valence-corrected chi connectivity index (χ1v) is 9.00. The van der Waals surface area contributed by atoms with Gasteiger partial charge in [0.2, 0.25) is 0 Å². The van der Waals surface area contributed by atoms with Crippen LogP contribution < -0.4 is 0 Å². The number of ether oxygens (including phenoxy) is 2. The van der Waals surface area contributed by atoms with E-state index in [1.807, 2.05) is 20.8 Å². The number of halogens is 4. The molecule has 0 fully saturated rings. The second-order valence-corrected chi connectivity index (χ2v) is 7.69. The molecule has 0 saturated carbocycles. The average Bonchev–Trinajstić information content (AvgIpc) is 2.96. The molecule has 0 saturated heterocycles. The lowest BCUT2D eigenvalue weighted by molar-refractivity contribution is -0.141. The van der Waals surface area contributed by atoms with Gasteiger partial charge in [-0.05, 0) is 16.5 Å². The van der Waals surface area contributed by atoms with E-state index in [4.69, 9.17) is 16.3 Å². The minimum Gasteiger partial charge on any atom is -0.437 e. The van der Waals surface area contributed by atoms with E-state index in [2.05, 4.69) is 9.84 Å². The van der Waals surface area contributed by atoms with Gasteiger partial charge in [-0.25, -0.2) is 4.79 Å². The minimum absolute atomic E-state index is 0.184. The summed E-state index contributed by atoms with van der Waals surface area (Å²) in [6.45, 7) is 5.96. The number of hydrogen-bond donors (Lipinski definition) is 0. The molecule has 0 aliphatic rings. The summed E-state index contributed by atoms with van der Waals surface area (Å²) in [5.41, 5.74) is -1.47. The molecule has 0 amide bonds. The third-order valence-electron chi connectivity index (χ3n) is 4.20. The number of carbonyl (C=O) groups is 1. The van der Waals surface area contributed by atoms with E-state index >= 15 is 0 Å². The highest BCUT2D eigenvalue weighted by Crippen LogP contribution is 2.41. The van der Waals surface area contributed by atoms with E-state index in [1.165, 1.54) is 7.05 Å². The summed E-state index contributed by atoms with van der Waals surface area (Å²) in [4.78, 5) is 11.8. The van der Waals surface area contributed by atoms with E-state index in [0.717, 1.165) is 17.4 Å². The maximum Gasteiger partial charge on any atom is 0.513 e. The summed E-state index contributed by atoms with van der Waals surface area (Å²) in [5.74, 6) is -0.696. The standard InChI is InChI=1S/C20H19ClF3N3O3/c1-19(2,3)12-8-6-11(7-9-12)13(10-25)15(30-18(28)29-5)14-16(20(22,23)24)26-27(4)17(14)21/h6-9H,1-5H3. The van der Waals surface area contributed by atoms with Crippen molar-refractivity contribution in [2.24, 2.45) is 7.05 Å². The van der Waals surface area contributed by atoms with Crippen LogP contribution in [0.25, 0.3) is 11.3 Å². The normalized spacial score (nSPS) is 12.8. The molecular formula is C20H19ClF3N3O3. The maximum atomic E-state index is 13.6. The van der Waals surface area contributed by atoms with Crippen molar-refractivity contribution in [1.29, 1.82) is 5.26 Å². The van der Waals surface area contributed by atoms with Crippen molar-refractivity contribution in [1.82, 2.24) is 9.78 Å². The van der Waals surface area contributed by atoms with E-state index < -0.39 is 34.5 Å². The number of nitrogens with zero attached hydrogens (tertiary/aromatic N) is 3. The molecule has 160 valence electrons. The smallest absolute Gasteiger partial charge is 0.437 e. The Balaban J connectivity index is 2.83. The zero-order valence-corrected chi connectivity index (χ0v) is 17.6. The molecule has 0 N–H and O–H groups in total. The van der Waals surface area contributed by atoms with E-state index in [0.29, 0.717) is 0 Å². The molecule has 1 aromatic heterocycles. The highest BCUT2D eigenvalue weighted by Gasteiger charge is 2.41. The van der Waals surface area contributed by atoms with Gasteiger partial charge in [-0.15, -0.1) is 0 Å². The lowest BCUT2D eigenvalue weighted by Gasteiger charge is -2.19. The first-order chi connectivity index (χ1) is 13.8. The second kappa shape index (κ2) is 8.40. The van der Waals surface area contributed by atoms with E-state index in [-0.39, 0.29) is 16.6 Å². The van der Waals surface area contributed by atoms with Crippen LogP contribution in [-0.2, 0) is 28.1 Å². The molecule has 0 bridgehead atoms. The molecule has 1 aromatic carbocycles. The molecule has 2 rings (SSSR count). The largest absolute Gasteiger partial charge is 0.513 e. The van der Waals surface area contributed by atoms with Crippen LogP contribution in [0.1, 0.15) is 43.2 Å². The number of aryl methyl sites for hydroxylation is 1. The van der Waals surface area contributed by atoms with Gasteiger partial charge in [-0.2, -0.15) is 23.5 Å². The molecule has 2 aromatic rings. The maximum absolute atomic E-state index is 13.6. The number of methoxy groups -OCH3 is 1. The lowest BCUT2D eigenvalue weighted by Crippen LogP contribution is -2.13. The topological polar surface area (TPSA) is 77.1 Å². The molecule has 30 heavy (non-hydrogen) atoms. The highest BCUT2D eigenvalue weighted by molar-refractivity contribution is 6.31. The fourth-order valence-electron chi connectivity index (χ4n) is 2.64. The summed E-state index contributed by atoms with van der Waals surface area (Å²) < 4.78 is 50.9. The Labute approximate surface area is 176 Å². The van der Waals surface area contributed by atoms with Gasteiger partial charge in [0, 0.05) is 7.05 Å². The number of rotatable bonds is 3. The number of aromatic nitrogens is 2. The fraction of sp³-hybridized carbons (Fsp3) is 0.350. The Morgan fingerprint density at radius 1 is 1.20 bits per heavy atom. The Hall–Kier alpha value is -2.99. The van der Waals surface area contributed by atoms with Gasteiger partial charge >= 0.3 is 12.3 Å². The summed E-state index contributed by atoms with van der Waals surface area (Å²) in [7, 11) is 2.18. The molecule has 0 aliphatic carbocycles. The van der Waals surface area contributed by atoms with Crippen molar-refractivity contribution in [2.45, 2.75) is 32.4 Å². The van der Waals surface area contributed by atoms with Crippen molar-refractivity contribution < 1.29 is 27.4 Å². The van der Waals surface area contributed by atoms with Crippen molar-refractivity contribution in [3.63, 3.8) is 0 Å². The van der Waals surface area contributed by atoms with Crippen molar-refractivity contribution in [2.75, 3.05) is 7.11 Å². The van der Waals surface area contributed by atoms with Crippen LogP contribution in [0.5, 0.6) is 0 Å². The fourth-order valence-corrected chi connectivity index (χ4v) is 2.85. The van der Waals surface area contributed by atoms with E-state index in [1.54, 1.807) is 30.3 Å². The van der Waals surface area contributed by atoms with Crippen LogP contribution in [0.15, 0.2) is 24.3 Å². The predicted molar refractivity (Wildman–Crippen MR) is 104 cm³/mol. The Bertz CT molecular complexity index is 1030. The van der Waals surface area contributed by atoms with Crippen LogP contribution >= 0.6 is 11.6 Å². The third kappa shape index (κ3) is 4.76. The van der Waals surface area contributed by atoms with Gasteiger partial charge in [-0.3, -0.25) is 4.68 Å². The Kier molecular flexibility index (Phi) is 6.52. The van der Waals surface area contributed by atoms with Crippen LogP contribution in [0.3, 0.4) is 0 Å². The van der Waals surface area contributed by atoms with Crippen molar-refractivity contribution in [3.8, 4) is 6.07 Å². The molecular weight excluding hydrogens is 423 g/mol. The van der Waals surface area contributed by atoms with Gasteiger partial charge in [-0.1, -0.05) is 56.6 Å². The molecule has 6 nitrogen and oxygen atoms in total. The third-order valence-corrected chi connectivity index (χ3v) is 4.64. The second-order valence-electron chi connectivity index (χ2n) is 7.34. The summed E-state index contributed by atoms with van der Waals surface area (Å²) >= 11 is 6.04. The van der Waals surface area contributed by atoms with Crippen LogP contribution in [-0.4, -0.2) is 23.0 Å². The SMILES string of the molecule is COC(=O)OC(=C(C#N)c1ccc(C(C)(C)C)cc1)c1c(C(F)(F)F)nn(C)c1Cl. The molecule has 10 heteroatoms. The van der Waals surface area contributed by atoms with Gasteiger partial charge < -0.3 is 9.47 Å². The molecule has 0 spiro atoms. The molecule has 1 heterocycles. The first kappa shape index (κ1) is 23.3. The Morgan fingerprint density at radius 3 is 2.20 bits per heavy atom. The Morgan fingerprint density at radius 2 is 1.77 bits per heavy atom. The molecule has 0 unspecified atom stereocenters.